The maximum Gasteiger partial charge on any atom is 0.323 e. The maximum absolute atomic E-state index is 13.7. The molecule has 0 radical (unpaired) electrons. The van der Waals surface area contributed by atoms with Crippen molar-refractivity contribution in [3.05, 3.63) is 100.0 Å². The summed E-state index contributed by atoms with van der Waals surface area (Å²) in [5, 5.41) is 38.0. The molecule has 2 saturated carbocycles. The Bertz CT molecular complexity index is 2060. The largest absolute Gasteiger partial charge is 0.480 e. The first-order valence-electron chi connectivity index (χ1n) is 18.9. The number of hydrogen-bond donors (Lipinski definition) is 6. The van der Waals surface area contributed by atoms with Gasteiger partial charge in [0.15, 0.2) is 0 Å². The molecule has 12 heteroatoms. The smallest absolute Gasteiger partial charge is 0.323 e. The number of carboxylic acids is 2. The number of benzene rings is 2. The molecule has 1 saturated heterocycles. The van der Waals surface area contributed by atoms with Crippen molar-refractivity contribution in [1.82, 2.24) is 20.2 Å². The number of nitrogens with one attached hydrogen (secondary N) is 3. The number of likely N-dealkylation sites (tertiary alicyclic amines) is 1. The van der Waals surface area contributed by atoms with Crippen molar-refractivity contribution in [2.24, 2.45) is 0 Å². The van der Waals surface area contributed by atoms with Gasteiger partial charge in [0.25, 0.3) is 5.91 Å². The van der Waals surface area contributed by atoms with Crippen LogP contribution in [0.2, 0.25) is 0 Å². The van der Waals surface area contributed by atoms with Gasteiger partial charge in [-0.25, -0.2) is 4.98 Å². The molecule has 1 aliphatic heterocycles. The fourth-order valence-electron chi connectivity index (χ4n) is 7.61. The van der Waals surface area contributed by atoms with Crippen molar-refractivity contribution in [1.29, 1.82) is 0 Å². The van der Waals surface area contributed by atoms with Gasteiger partial charge in [-0.2, -0.15) is 0 Å². The van der Waals surface area contributed by atoms with E-state index < -0.39 is 30.6 Å². The lowest BCUT2D eigenvalue weighted by Crippen LogP contribution is -2.44. The number of aliphatic carboxylic acids is 2. The first-order valence-corrected chi connectivity index (χ1v) is 18.9. The SMILES string of the molecule is Cc1c(NC(=O)c2cc(C3CC3)c(CN3CCCC[C@H]3C(=O)O)cn2)cccc1-c1cccc(Nc2cc(C3CC3)c(CNC(CO)C(=O)O)cn2)c1C. The Morgan fingerprint density at radius 3 is 2.13 bits per heavy atom. The number of carboxylic acid groups (broad SMARTS) is 2. The van der Waals surface area contributed by atoms with Gasteiger partial charge in [0.1, 0.15) is 23.6 Å². The molecule has 3 aliphatic rings. The quantitative estimate of drug-likeness (QED) is 0.0788. The molecular weight excluding hydrogens is 684 g/mol. The van der Waals surface area contributed by atoms with Gasteiger partial charge in [-0.1, -0.05) is 30.7 Å². The Morgan fingerprint density at radius 2 is 1.48 bits per heavy atom. The van der Waals surface area contributed by atoms with E-state index in [1.807, 2.05) is 54.3 Å². The summed E-state index contributed by atoms with van der Waals surface area (Å²) in [4.78, 5) is 48.2. The number of aliphatic hydroxyl groups is 1. The number of carbonyl (C=O) groups excluding carboxylic acids is 1. The fraction of sp³-hybridized carbons (Fsp3) is 0.405. The molecule has 0 bridgehead atoms. The summed E-state index contributed by atoms with van der Waals surface area (Å²) in [6.07, 6.45) is 10.3. The van der Waals surface area contributed by atoms with E-state index in [-0.39, 0.29) is 5.91 Å². The van der Waals surface area contributed by atoms with Gasteiger partial charge >= 0.3 is 11.9 Å². The summed E-state index contributed by atoms with van der Waals surface area (Å²) >= 11 is 0. The molecule has 12 nitrogen and oxygen atoms in total. The highest BCUT2D eigenvalue weighted by molar-refractivity contribution is 6.04. The zero-order chi connectivity index (χ0) is 37.9. The zero-order valence-electron chi connectivity index (χ0n) is 30.8. The molecule has 6 N–H and O–H groups in total. The minimum atomic E-state index is -1.09. The number of piperidine rings is 1. The number of aliphatic hydroxyl groups excluding tert-OH is 1. The molecule has 4 aromatic rings. The van der Waals surface area contributed by atoms with Crippen molar-refractivity contribution >= 4 is 35.0 Å². The number of pyridine rings is 2. The van der Waals surface area contributed by atoms with Crippen LogP contribution in [0.1, 0.15) is 101 Å². The van der Waals surface area contributed by atoms with Gasteiger partial charge < -0.3 is 26.0 Å². The third kappa shape index (κ3) is 8.30. The molecular formula is C42H48N6O6. The van der Waals surface area contributed by atoms with Crippen LogP contribution in [0.15, 0.2) is 60.9 Å². The lowest BCUT2D eigenvalue weighted by molar-refractivity contribution is -0.145. The van der Waals surface area contributed by atoms with Crippen LogP contribution in [0, 0.1) is 13.8 Å². The van der Waals surface area contributed by atoms with Crippen LogP contribution < -0.4 is 16.0 Å². The number of aromatic nitrogens is 2. The van der Waals surface area contributed by atoms with E-state index in [2.05, 4.69) is 38.9 Å². The normalized spacial score (nSPS) is 17.9. The van der Waals surface area contributed by atoms with E-state index in [1.165, 1.54) is 0 Å². The Morgan fingerprint density at radius 1 is 0.833 bits per heavy atom. The van der Waals surface area contributed by atoms with E-state index in [0.29, 0.717) is 48.5 Å². The highest BCUT2D eigenvalue weighted by atomic mass is 16.4. The molecule has 0 spiro atoms. The first-order chi connectivity index (χ1) is 26.1. The number of anilines is 3. The van der Waals surface area contributed by atoms with Crippen LogP contribution in [-0.2, 0) is 22.7 Å². The van der Waals surface area contributed by atoms with Crippen molar-refractivity contribution in [2.75, 3.05) is 23.8 Å². The molecule has 2 atom stereocenters. The molecule has 54 heavy (non-hydrogen) atoms. The van der Waals surface area contributed by atoms with Crippen LogP contribution in [0.5, 0.6) is 0 Å². The average Bonchev–Trinajstić information content (AvgIpc) is 4.09. The van der Waals surface area contributed by atoms with Gasteiger partial charge in [0, 0.05) is 36.9 Å². The average molecular weight is 733 g/mol. The molecule has 2 aliphatic carbocycles. The molecule has 3 heterocycles. The van der Waals surface area contributed by atoms with Gasteiger partial charge in [0.05, 0.1) is 6.61 Å². The Kier molecular flexibility index (Phi) is 11.0. The Labute approximate surface area is 315 Å². The van der Waals surface area contributed by atoms with E-state index in [0.717, 1.165) is 95.3 Å². The number of rotatable bonds is 15. The van der Waals surface area contributed by atoms with Crippen LogP contribution in [0.25, 0.3) is 11.1 Å². The lowest BCUT2D eigenvalue weighted by Gasteiger charge is -2.33. The number of carbonyl (C=O) groups is 3. The second-order valence-electron chi connectivity index (χ2n) is 14.9. The summed E-state index contributed by atoms with van der Waals surface area (Å²) < 4.78 is 0. The number of amides is 1. The maximum atomic E-state index is 13.7. The summed E-state index contributed by atoms with van der Waals surface area (Å²) in [5.74, 6) is -0.708. The van der Waals surface area contributed by atoms with Gasteiger partial charge in [-0.05, 0) is 140 Å². The van der Waals surface area contributed by atoms with Gasteiger partial charge in [0.2, 0.25) is 0 Å². The molecule has 1 amide bonds. The number of hydrogen-bond acceptors (Lipinski definition) is 9. The first kappa shape index (κ1) is 37.2. The highest BCUT2D eigenvalue weighted by Gasteiger charge is 2.32. The Hall–Kier alpha value is -5.17. The second-order valence-corrected chi connectivity index (χ2v) is 14.9. The third-order valence-electron chi connectivity index (χ3n) is 11.1. The van der Waals surface area contributed by atoms with Crippen molar-refractivity contribution in [3.63, 3.8) is 0 Å². The van der Waals surface area contributed by atoms with Crippen LogP contribution >= 0.6 is 0 Å². The predicted octanol–water partition coefficient (Wildman–Crippen LogP) is 6.49. The molecule has 282 valence electrons. The van der Waals surface area contributed by atoms with E-state index in [9.17, 15) is 29.7 Å². The summed E-state index contributed by atoms with van der Waals surface area (Å²) in [5.41, 5.74) is 9.99. The molecule has 2 aromatic carbocycles. The minimum absolute atomic E-state index is 0.289. The van der Waals surface area contributed by atoms with E-state index >= 15 is 0 Å². The summed E-state index contributed by atoms with van der Waals surface area (Å²) in [7, 11) is 0. The highest BCUT2D eigenvalue weighted by Crippen LogP contribution is 2.44. The molecule has 7 rings (SSSR count). The standard InChI is InChI=1S/C42H48N6O6/c1-24-30(7-5-9-34(24)46-39-18-33(27-14-15-27)28(20-45-39)19-44-37(23-49)41(51)52)31-8-6-10-35(25(31)2)47-40(50)36-17-32(26-12-13-26)29(21-43-36)22-48-16-4-3-11-38(48)42(53)54/h5-10,17-18,20-21,26-27,37-38,44,49H,3-4,11-16,19,22-23H2,1-2H3,(H,45,46)(H,47,50)(H,51,52)(H,53,54)/t37?,38-/m0/s1. The summed E-state index contributed by atoms with van der Waals surface area (Å²) in [6, 6.07) is 14.3. The van der Waals surface area contributed by atoms with Crippen molar-refractivity contribution in [3.8, 4) is 11.1 Å². The molecule has 3 fully saturated rings. The minimum Gasteiger partial charge on any atom is -0.480 e. The van der Waals surface area contributed by atoms with E-state index in [1.54, 1.807) is 12.4 Å². The third-order valence-corrected chi connectivity index (χ3v) is 11.1. The molecule has 1 unspecified atom stereocenters. The van der Waals surface area contributed by atoms with Crippen LogP contribution in [0.3, 0.4) is 0 Å². The van der Waals surface area contributed by atoms with Crippen molar-refractivity contribution in [2.45, 2.75) is 95.8 Å². The lowest BCUT2D eigenvalue weighted by atomic mass is 9.94. The van der Waals surface area contributed by atoms with Crippen molar-refractivity contribution < 1.29 is 29.7 Å². The second kappa shape index (κ2) is 16.1. The van der Waals surface area contributed by atoms with Crippen LogP contribution in [0.4, 0.5) is 17.2 Å². The fourth-order valence-corrected chi connectivity index (χ4v) is 7.61. The molecule has 2 aromatic heterocycles. The summed E-state index contributed by atoms with van der Waals surface area (Å²) in [6.45, 7) is 5.12. The van der Waals surface area contributed by atoms with Crippen LogP contribution in [-0.4, -0.2) is 73.3 Å². The topological polar surface area (TPSA) is 177 Å². The van der Waals surface area contributed by atoms with E-state index in [4.69, 9.17) is 0 Å². The zero-order valence-corrected chi connectivity index (χ0v) is 30.8. The number of nitrogens with zero attached hydrogens (tertiary/aromatic N) is 3. The monoisotopic (exact) mass is 732 g/mol. The Balaban J connectivity index is 1.08. The van der Waals surface area contributed by atoms with Gasteiger partial charge in [-0.15, -0.1) is 0 Å². The predicted molar refractivity (Wildman–Crippen MR) is 206 cm³/mol. The van der Waals surface area contributed by atoms with Gasteiger partial charge in [-0.3, -0.25) is 29.6 Å².